The Hall–Kier alpha value is -3.22. The third kappa shape index (κ3) is 3.48. The maximum atomic E-state index is 13.1. The first-order chi connectivity index (χ1) is 14.0. The number of esters is 1. The minimum Gasteiger partial charge on any atom is -0.469 e. The maximum Gasteiger partial charge on any atom is 0.311 e. The van der Waals surface area contributed by atoms with Crippen molar-refractivity contribution < 1.29 is 19.1 Å². The Bertz CT molecular complexity index is 929. The molecule has 2 aliphatic rings. The van der Waals surface area contributed by atoms with Crippen LogP contribution in [0.1, 0.15) is 34.1 Å². The van der Waals surface area contributed by atoms with Crippen molar-refractivity contribution in [3.05, 3.63) is 65.5 Å². The van der Waals surface area contributed by atoms with Crippen LogP contribution in [-0.2, 0) is 14.3 Å². The number of carbonyl (C=O) groups excluding carboxylic acids is 3. The fraction of sp³-hybridized carbons (Fsp3) is 0.364. The highest BCUT2D eigenvalue weighted by Gasteiger charge is 2.51. The van der Waals surface area contributed by atoms with E-state index in [-0.39, 0.29) is 36.4 Å². The van der Waals surface area contributed by atoms with E-state index in [0.29, 0.717) is 18.5 Å². The predicted molar refractivity (Wildman–Crippen MR) is 105 cm³/mol. The Balaban J connectivity index is 1.61. The zero-order valence-electron chi connectivity index (χ0n) is 16.4. The van der Waals surface area contributed by atoms with Crippen molar-refractivity contribution in [3.63, 3.8) is 0 Å². The first-order valence-electron chi connectivity index (χ1n) is 9.65. The van der Waals surface area contributed by atoms with Crippen LogP contribution in [0.4, 0.5) is 0 Å². The summed E-state index contributed by atoms with van der Waals surface area (Å²) in [5.41, 5.74) is 2.19. The second-order valence-corrected chi connectivity index (χ2v) is 7.55. The van der Waals surface area contributed by atoms with Crippen LogP contribution in [0.15, 0.2) is 48.7 Å². The molecule has 1 aromatic heterocycles. The SMILES string of the molecule is COC(=O)[C@H]1C[C@H]2CN(C(=O)c3ccc(C)nc3)CC(=O)N2[C@H]1c1ccccc1. The highest BCUT2D eigenvalue weighted by molar-refractivity contribution is 5.97. The Morgan fingerprint density at radius 2 is 1.90 bits per heavy atom. The van der Waals surface area contributed by atoms with Gasteiger partial charge in [0.05, 0.1) is 30.7 Å². The van der Waals surface area contributed by atoms with Gasteiger partial charge in [0, 0.05) is 18.4 Å². The zero-order valence-corrected chi connectivity index (χ0v) is 16.4. The number of hydrogen-bond donors (Lipinski definition) is 0. The van der Waals surface area contributed by atoms with Crippen molar-refractivity contribution in [2.45, 2.75) is 25.4 Å². The lowest BCUT2D eigenvalue weighted by Gasteiger charge is -2.40. The van der Waals surface area contributed by atoms with E-state index in [9.17, 15) is 14.4 Å². The van der Waals surface area contributed by atoms with Crippen LogP contribution in [0.3, 0.4) is 0 Å². The van der Waals surface area contributed by atoms with Gasteiger partial charge in [0.1, 0.15) is 6.54 Å². The average Bonchev–Trinajstić information content (AvgIpc) is 3.14. The van der Waals surface area contributed by atoms with Gasteiger partial charge in [-0.1, -0.05) is 30.3 Å². The lowest BCUT2D eigenvalue weighted by atomic mass is 9.93. The quantitative estimate of drug-likeness (QED) is 0.745. The molecule has 29 heavy (non-hydrogen) atoms. The van der Waals surface area contributed by atoms with Crippen molar-refractivity contribution in [1.82, 2.24) is 14.8 Å². The van der Waals surface area contributed by atoms with E-state index in [1.165, 1.54) is 13.3 Å². The molecule has 0 saturated carbocycles. The fourth-order valence-corrected chi connectivity index (χ4v) is 4.39. The second-order valence-electron chi connectivity index (χ2n) is 7.55. The molecule has 3 atom stereocenters. The highest BCUT2D eigenvalue weighted by atomic mass is 16.5. The molecular weight excluding hydrogens is 370 g/mol. The van der Waals surface area contributed by atoms with Crippen LogP contribution in [0.5, 0.6) is 0 Å². The van der Waals surface area contributed by atoms with E-state index in [1.807, 2.05) is 37.3 Å². The number of pyridine rings is 1. The largest absolute Gasteiger partial charge is 0.469 e. The Kier molecular flexibility index (Phi) is 5.05. The minimum absolute atomic E-state index is 0.0135. The molecule has 0 radical (unpaired) electrons. The van der Waals surface area contributed by atoms with Crippen LogP contribution in [0.25, 0.3) is 0 Å². The van der Waals surface area contributed by atoms with Gasteiger partial charge >= 0.3 is 5.97 Å². The summed E-state index contributed by atoms with van der Waals surface area (Å²) in [6, 6.07) is 12.4. The first kappa shape index (κ1) is 19.1. The number of nitrogens with zero attached hydrogens (tertiary/aromatic N) is 3. The smallest absolute Gasteiger partial charge is 0.311 e. The van der Waals surface area contributed by atoms with Gasteiger partial charge < -0.3 is 14.5 Å². The average molecular weight is 393 g/mol. The van der Waals surface area contributed by atoms with E-state index in [0.717, 1.165) is 11.3 Å². The van der Waals surface area contributed by atoms with Gasteiger partial charge in [-0.25, -0.2) is 0 Å². The van der Waals surface area contributed by atoms with E-state index >= 15 is 0 Å². The molecule has 7 nitrogen and oxygen atoms in total. The summed E-state index contributed by atoms with van der Waals surface area (Å²) in [6.07, 6.45) is 2.00. The molecule has 0 bridgehead atoms. The molecule has 2 aliphatic heterocycles. The Labute approximate surface area is 169 Å². The number of carbonyl (C=O) groups is 3. The Morgan fingerprint density at radius 1 is 1.14 bits per heavy atom. The molecule has 7 heteroatoms. The summed E-state index contributed by atoms with van der Waals surface area (Å²) >= 11 is 0. The number of hydrogen-bond acceptors (Lipinski definition) is 5. The number of benzene rings is 1. The molecular formula is C22H23N3O4. The summed E-state index contributed by atoms with van der Waals surface area (Å²) in [7, 11) is 1.36. The van der Waals surface area contributed by atoms with Crippen molar-refractivity contribution in [3.8, 4) is 0 Å². The molecule has 2 amide bonds. The van der Waals surface area contributed by atoms with Crippen LogP contribution in [0.2, 0.25) is 0 Å². The maximum absolute atomic E-state index is 13.1. The molecule has 3 heterocycles. The number of ether oxygens (including phenoxy) is 1. The molecule has 2 aromatic rings. The van der Waals surface area contributed by atoms with Gasteiger partial charge in [0.25, 0.3) is 5.91 Å². The molecule has 150 valence electrons. The lowest BCUT2D eigenvalue weighted by Crippen LogP contribution is -2.55. The van der Waals surface area contributed by atoms with Crippen molar-refractivity contribution in [1.29, 1.82) is 0 Å². The summed E-state index contributed by atoms with van der Waals surface area (Å²) < 4.78 is 5.02. The van der Waals surface area contributed by atoms with Crippen molar-refractivity contribution >= 4 is 17.8 Å². The third-order valence-corrected chi connectivity index (χ3v) is 5.74. The van der Waals surface area contributed by atoms with Crippen LogP contribution in [-0.4, -0.2) is 58.8 Å². The normalized spacial score (nSPS) is 23.7. The number of piperazine rings is 1. The monoisotopic (exact) mass is 393 g/mol. The standard InChI is InChI=1S/C22H23N3O4/c1-14-8-9-16(11-23-14)21(27)24-12-17-10-18(22(28)29-2)20(25(17)19(26)13-24)15-6-4-3-5-7-15/h3-9,11,17-18,20H,10,12-13H2,1-2H3/t17-,18-,20-/m0/s1. The summed E-state index contributed by atoms with van der Waals surface area (Å²) in [4.78, 5) is 45.9. The molecule has 0 N–H and O–H groups in total. The van der Waals surface area contributed by atoms with Crippen LogP contribution in [0, 0.1) is 12.8 Å². The van der Waals surface area contributed by atoms with E-state index in [4.69, 9.17) is 4.74 Å². The molecule has 4 rings (SSSR count). The van der Waals surface area contributed by atoms with Gasteiger partial charge in [0.2, 0.25) is 5.91 Å². The highest BCUT2D eigenvalue weighted by Crippen LogP contribution is 2.43. The zero-order chi connectivity index (χ0) is 20.5. The van der Waals surface area contributed by atoms with Gasteiger partial charge in [-0.15, -0.1) is 0 Å². The van der Waals surface area contributed by atoms with Crippen molar-refractivity contribution in [2.75, 3.05) is 20.2 Å². The first-order valence-corrected chi connectivity index (χ1v) is 9.65. The predicted octanol–water partition coefficient (Wildman–Crippen LogP) is 1.98. The number of aryl methyl sites for hydroxylation is 1. The molecule has 2 saturated heterocycles. The van der Waals surface area contributed by atoms with Gasteiger partial charge in [-0.05, 0) is 31.0 Å². The summed E-state index contributed by atoms with van der Waals surface area (Å²) in [5.74, 6) is -1.16. The second kappa shape index (κ2) is 7.66. The molecule has 0 spiro atoms. The van der Waals surface area contributed by atoms with Gasteiger partial charge in [-0.2, -0.15) is 0 Å². The molecule has 0 unspecified atom stereocenters. The fourth-order valence-electron chi connectivity index (χ4n) is 4.39. The van der Waals surface area contributed by atoms with Crippen molar-refractivity contribution in [2.24, 2.45) is 5.92 Å². The number of fused-ring (bicyclic) bond motifs is 1. The van der Waals surface area contributed by atoms with Crippen LogP contribution < -0.4 is 0 Å². The molecule has 1 aromatic carbocycles. The topological polar surface area (TPSA) is 79.8 Å². The summed E-state index contributed by atoms with van der Waals surface area (Å²) in [6.45, 7) is 2.22. The van der Waals surface area contributed by atoms with Gasteiger partial charge in [0.15, 0.2) is 0 Å². The number of amides is 2. The van der Waals surface area contributed by atoms with E-state index in [1.54, 1.807) is 21.9 Å². The minimum atomic E-state index is -0.451. The van der Waals surface area contributed by atoms with Gasteiger partial charge in [-0.3, -0.25) is 19.4 Å². The lowest BCUT2D eigenvalue weighted by molar-refractivity contribution is -0.147. The number of aromatic nitrogens is 1. The number of rotatable bonds is 3. The molecule has 2 fully saturated rings. The van der Waals surface area contributed by atoms with E-state index < -0.39 is 5.92 Å². The molecule has 0 aliphatic carbocycles. The Morgan fingerprint density at radius 3 is 2.55 bits per heavy atom. The van der Waals surface area contributed by atoms with E-state index in [2.05, 4.69) is 4.98 Å². The summed E-state index contributed by atoms with van der Waals surface area (Å²) in [5, 5.41) is 0. The third-order valence-electron chi connectivity index (χ3n) is 5.74. The number of methoxy groups -OCH3 is 1. The van der Waals surface area contributed by atoms with Crippen LogP contribution >= 0.6 is 0 Å².